The van der Waals surface area contributed by atoms with Crippen molar-refractivity contribution in [3.8, 4) is 0 Å². The molecule has 0 saturated heterocycles. The molecular formula is C25H43OP. The minimum atomic E-state index is -2.10. The maximum Gasteiger partial charge on any atom is 0.0919 e. The van der Waals surface area contributed by atoms with Crippen LogP contribution in [0.25, 0.3) is 6.08 Å². The Bertz CT molecular complexity index is 512. The van der Waals surface area contributed by atoms with Crippen LogP contribution in [-0.2, 0) is 10.7 Å². The van der Waals surface area contributed by atoms with Gasteiger partial charge in [0.05, 0.1) is 7.14 Å². The third kappa shape index (κ3) is 11.6. The third-order valence-electron chi connectivity index (χ3n) is 5.52. The molecule has 1 rings (SSSR count). The van der Waals surface area contributed by atoms with Crippen LogP contribution in [0.1, 0.15) is 102 Å². The molecule has 0 amide bonds. The van der Waals surface area contributed by atoms with E-state index in [1.54, 1.807) is 0 Å². The van der Waals surface area contributed by atoms with Crippen molar-refractivity contribution in [1.29, 1.82) is 0 Å². The summed E-state index contributed by atoms with van der Waals surface area (Å²) in [6, 6.07) is 8.49. The standard InChI is InChI=1S/C25H43OP/c1-4-7-9-11-13-15-21-27(26,22-16-14-12-10-8-5-2)23-25-19-17-24(6-3)18-20-25/h6,17-20H,3-5,7-16,21-23H2,1-2H3. The molecule has 0 fully saturated rings. The van der Waals surface area contributed by atoms with Crippen molar-refractivity contribution >= 4 is 13.2 Å². The number of hydrogen-bond acceptors (Lipinski definition) is 1. The van der Waals surface area contributed by atoms with Gasteiger partial charge in [0.2, 0.25) is 0 Å². The quantitative estimate of drug-likeness (QED) is 0.192. The summed E-state index contributed by atoms with van der Waals surface area (Å²) in [5.74, 6) is 0. The topological polar surface area (TPSA) is 17.1 Å². The lowest BCUT2D eigenvalue weighted by Crippen LogP contribution is -2.01. The van der Waals surface area contributed by atoms with Gasteiger partial charge in [0.15, 0.2) is 0 Å². The molecule has 0 N–H and O–H groups in total. The van der Waals surface area contributed by atoms with Gasteiger partial charge in [0, 0.05) is 18.5 Å². The number of hydrogen-bond donors (Lipinski definition) is 0. The lowest BCUT2D eigenvalue weighted by Gasteiger charge is -2.19. The molecule has 0 spiro atoms. The average molecular weight is 391 g/mol. The molecular weight excluding hydrogens is 347 g/mol. The maximum atomic E-state index is 13.7. The lowest BCUT2D eigenvalue weighted by molar-refractivity contribution is 0.560. The van der Waals surface area contributed by atoms with Crippen LogP contribution in [0.15, 0.2) is 30.8 Å². The van der Waals surface area contributed by atoms with Gasteiger partial charge in [-0.25, -0.2) is 0 Å². The van der Waals surface area contributed by atoms with Crippen molar-refractivity contribution in [2.24, 2.45) is 0 Å². The molecule has 0 aromatic heterocycles. The second-order valence-corrected chi connectivity index (χ2v) is 11.5. The second kappa shape index (κ2) is 15.2. The first-order valence-electron chi connectivity index (χ1n) is 11.4. The maximum absolute atomic E-state index is 13.7. The van der Waals surface area contributed by atoms with E-state index in [9.17, 15) is 4.57 Å². The predicted molar refractivity (Wildman–Crippen MR) is 124 cm³/mol. The fourth-order valence-corrected chi connectivity index (χ4v) is 6.74. The molecule has 0 aliphatic carbocycles. The summed E-state index contributed by atoms with van der Waals surface area (Å²) in [4.78, 5) is 0. The Morgan fingerprint density at radius 3 is 1.63 bits per heavy atom. The number of unbranched alkanes of at least 4 members (excludes halogenated alkanes) is 10. The molecule has 0 aliphatic heterocycles. The first-order valence-corrected chi connectivity index (χ1v) is 13.7. The summed E-state index contributed by atoms with van der Waals surface area (Å²) in [6.45, 7) is 8.34. The smallest absolute Gasteiger partial charge is 0.0919 e. The lowest BCUT2D eigenvalue weighted by atomic mass is 10.1. The van der Waals surface area contributed by atoms with Crippen LogP contribution < -0.4 is 0 Å². The predicted octanol–water partition coefficient (Wildman–Crippen LogP) is 8.91. The molecule has 1 aromatic rings. The first kappa shape index (κ1) is 24.2. The van der Waals surface area contributed by atoms with Gasteiger partial charge in [-0.1, -0.05) is 115 Å². The minimum Gasteiger partial charge on any atom is -0.323 e. The summed E-state index contributed by atoms with van der Waals surface area (Å²) >= 11 is 0. The van der Waals surface area contributed by atoms with E-state index in [4.69, 9.17) is 0 Å². The normalized spacial score (nSPS) is 11.6. The van der Waals surface area contributed by atoms with Crippen molar-refractivity contribution in [2.45, 2.75) is 97.1 Å². The van der Waals surface area contributed by atoms with E-state index in [0.29, 0.717) is 0 Å². The van der Waals surface area contributed by atoms with E-state index in [-0.39, 0.29) is 0 Å². The van der Waals surface area contributed by atoms with Gasteiger partial charge in [0.1, 0.15) is 0 Å². The average Bonchev–Trinajstić information content (AvgIpc) is 2.68. The van der Waals surface area contributed by atoms with Gasteiger partial charge in [-0.05, 0) is 24.0 Å². The highest BCUT2D eigenvalue weighted by atomic mass is 31.2. The highest BCUT2D eigenvalue weighted by Crippen LogP contribution is 2.50. The minimum absolute atomic E-state index is 0.786. The Kier molecular flexibility index (Phi) is 13.6. The van der Waals surface area contributed by atoms with Crippen LogP contribution in [0.2, 0.25) is 0 Å². The van der Waals surface area contributed by atoms with E-state index in [1.165, 1.54) is 69.8 Å². The van der Waals surface area contributed by atoms with Crippen molar-refractivity contribution < 1.29 is 4.57 Å². The largest absolute Gasteiger partial charge is 0.323 e. The summed E-state index contributed by atoms with van der Waals surface area (Å²) in [6.07, 6.45) is 19.8. The monoisotopic (exact) mass is 390 g/mol. The summed E-state index contributed by atoms with van der Waals surface area (Å²) < 4.78 is 13.7. The highest BCUT2D eigenvalue weighted by Gasteiger charge is 2.21. The number of benzene rings is 1. The van der Waals surface area contributed by atoms with Crippen molar-refractivity contribution in [3.63, 3.8) is 0 Å². The molecule has 0 heterocycles. The number of rotatable bonds is 17. The zero-order valence-corrected chi connectivity index (χ0v) is 19.0. The van der Waals surface area contributed by atoms with E-state index in [2.05, 4.69) is 44.7 Å². The molecule has 1 nitrogen and oxygen atoms in total. The molecule has 0 unspecified atom stereocenters. The Labute approximate surface area is 169 Å². The Balaban J connectivity index is 2.52. The van der Waals surface area contributed by atoms with Gasteiger partial charge in [-0.2, -0.15) is 0 Å². The van der Waals surface area contributed by atoms with Gasteiger partial charge < -0.3 is 4.57 Å². The Hall–Kier alpha value is -0.810. The third-order valence-corrected chi connectivity index (χ3v) is 8.73. The van der Waals surface area contributed by atoms with Crippen LogP contribution in [0.3, 0.4) is 0 Å². The second-order valence-electron chi connectivity index (χ2n) is 8.14. The molecule has 27 heavy (non-hydrogen) atoms. The van der Waals surface area contributed by atoms with Crippen molar-refractivity contribution in [2.75, 3.05) is 12.3 Å². The van der Waals surface area contributed by atoms with E-state index in [0.717, 1.165) is 36.9 Å². The Morgan fingerprint density at radius 1 is 0.741 bits per heavy atom. The van der Waals surface area contributed by atoms with Crippen molar-refractivity contribution in [3.05, 3.63) is 42.0 Å². The van der Waals surface area contributed by atoms with Crippen LogP contribution in [-0.4, -0.2) is 12.3 Å². The molecule has 0 aliphatic rings. The van der Waals surface area contributed by atoms with Crippen LogP contribution in [0.5, 0.6) is 0 Å². The van der Waals surface area contributed by atoms with Gasteiger partial charge in [0.25, 0.3) is 0 Å². The summed E-state index contributed by atoms with van der Waals surface area (Å²) in [5.41, 5.74) is 2.38. The van der Waals surface area contributed by atoms with E-state index < -0.39 is 7.14 Å². The fourth-order valence-electron chi connectivity index (χ4n) is 3.72. The van der Waals surface area contributed by atoms with Crippen LogP contribution >= 0.6 is 7.14 Å². The highest BCUT2D eigenvalue weighted by molar-refractivity contribution is 7.63. The van der Waals surface area contributed by atoms with Crippen LogP contribution in [0, 0.1) is 0 Å². The molecule has 0 saturated carbocycles. The SMILES string of the molecule is C=Cc1ccc(CP(=O)(CCCCCCCC)CCCCCCCC)cc1. The zero-order chi connectivity index (χ0) is 19.8. The van der Waals surface area contributed by atoms with E-state index >= 15 is 0 Å². The molecule has 0 radical (unpaired) electrons. The van der Waals surface area contributed by atoms with Crippen molar-refractivity contribution in [1.82, 2.24) is 0 Å². The molecule has 0 atom stereocenters. The summed E-state index contributed by atoms with van der Waals surface area (Å²) in [7, 11) is -2.10. The van der Waals surface area contributed by atoms with Gasteiger partial charge in [-0.15, -0.1) is 0 Å². The van der Waals surface area contributed by atoms with Gasteiger partial charge in [-0.3, -0.25) is 0 Å². The van der Waals surface area contributed by atoms with Crippen LogP contribution in [0.4, 0.5) is 0 Å². The zero-order valence-electron chi connectivity index (χ0n) is 18.1. The molecule has 0 bridgehead atoms. The van der Waals surface area contributed by atoms with Gasteiger partial charge >= 0.3 is 0 Å². The Morgan fingerprint density at radius 2 is 1.19 bits per heavy atom. The first-order chi connectivity index (χ1) is 13.1. The molecule has 2 heteroatoms. The fraction of sp³-hybridized carbons (Fsp3) is 0.680. The summed E-state index contributed by atoms with van der Waals surface area (Å²) in [5, 5.41) is 0. The van der Waals surface area contributed by atoms with E-state index in [1.807, 2.05) is 6.08 Å². The molecule has 154 valence electrons. The molecule has 1 aromatic carbocycles.